The van der Waals surface area contributed by atoms with Crippen molar-refractivity contribution in [1.82, 2.24) is 5.32 Å². The predicted molar refractivity (Wildman–Crippen MR) is 57.7 cm³/mol. The summed E-state index contributed by atoms with van der Waals surface area (Å²) >= 11 is 0. The third-order valence-corrected chi connectivity index (χ3v) is 2.67. The Morgan fingerprint density at radius 2 is 1.72 bits per heavy atom. The van der Waals surface area contributed by atoms with Crippen LogP contribution in [0.5, 0.6) is 0 Å². The number of carbonyl (C=O) groups excluding carboxylic acids is 1. The number of nitrogens with two attached hydrogens (primary N) is 1. The molecule has 0 spiro atoms. The molecule has 0 aliphatic heterocycles. The lowest BCUT2D eigenvalue weighted by Gasteiger charge is -2.32. The smallest absolute Gasteiger partial charge is 0.415 e. The molecule has 2 atom stereocenters. The number of nitrogens with one attached hydrogen (secondary N) is 1. The molecule has 0 rings (SSSR count). The molecule has 106 valence electrons. The van der Waals surface area contributed by atoms with Gasteiger partial charge in [0.25, 0.3) is 0 Å². The molecule has 4 N–H and O–H groups in total. The zero-order valence-corrected chi connectivity index (χ0v) is 10.4. The Balaban J connectivity index is 5.10. The lowest BCUT2D eigenvalue weighted by atomic mass is 9.93. The van der Waals surface area contributed by atoms with E-state index in [-0.39, 0.29) is 6.42 Å². The number of hydrogen-bond acceptors (Lipinski definition) is 3. The quantitative estimate of drug-likeness (QED) is 0.695. The first-order valence-electron chi connectivity index (χ1n) is 5.30. The van der Waals surface area contributed by atoms with E-state index in [0.29, 0.717) is 13.3 Å². The highest BCUT2D eigenvalue weighted by molar-refractivity contribution is 5.92. The first kappa shape index (κ1) is 16.7. The summed E-state index contributed by atoms with van der Waals surface area (Å²) in [6, 6.07) is 0. The van der Waals surface area contributed by atoms with Gasteiger partial charge in [-0.25, -0.2) is 4.79 Å². The van der Waals surface area contributed by atoms with Gasteiger partial charge in [-0.05, 0) is 20.3 Å². The van der Waals surface area contributed by atoms with E-state index in [9.17, 15) is 22.8 Å². The van der Waals surface area contributed by atoms with Crippen molar-refractivity contribution in [2.45, 2.75) is 50.9 Å². The summed E-state index contributed by atoms with van der Waals surface area (Å²) in [5.74, 6) is -2.97. The summed E-state index contributed by atoms with van der Waals surface area (Å²) in [7, 11) is 0. The first-order chi connectivity index (χ1) is 7.88. The highest BCUT2D eigenvalue weighted by Crippen LogP contribution is 2.29. The fourth-order valence-electron chi connectivity index (χ4n) is 1.23. The van der Waals surface area contributed by atoms with E-state index >= 15 is 0 Å². The maximum atomic E-state index is 12.5. The van der Waals surface area contributed by atoms with Gasteiger partial charge in [0.1, 0.15) is 5.54 Å². The topological polar surface area (TPSA) is 92.4 Å². The average molecular weight is 270 g/mol. The van der Waals surface area contributed by atoms with Crippen LogP contribution in [0.3, 0.4) is 0 Å². The summed E-state index contributed by atoms with van der Waals surface area (Å²) in [5.41, 5.74) is 0.0171. The number of hydrogen-bond donors (Lipinski definition) is 3. The molecule has 0 saturated carbocycles. The molecule has 0 radical (unpaired) electrons. The predicted octanol–water partition coefficient (Wildman–Crippen LogP) is 1.03. The van der Waals surface area contributed by atoms with Gasteiger partial charge in [0.2, 0.25) is 5.91 Å². The van der Waals surface area contributed by atoms with Crippen LogP contribution < -0.4 is 11.1 Å². The first-order valence-corrected chi connectivity index (χ1v) is 5.30. The number of alkyl halides is 3. The molecule has 5 nitrogen and oxygen atoms in total. The van der Waals surface area contributed by atoms with Crippen molar-refractivity contribution in [2.75, 3.05) is 0 Å². The van der Waals surface area contributed by atoms with Crippen molar-refractivity contribution >= 4 is 11.9 Å². The van der Waals surface area contributed by atoms with Crippen molar-refractivity contribution in [3.63, 3.8) is 0 Å². The third kappa shape index (κ3) is 3.34. The third-order valence-electron chi connectivity index (χ3n) is 2.67. The largest absolute Gasteiger partial charge is 0.480 e. The maximum absolute atomic E-state index is 12.5. The molecule has 0 aromatic rings. The van der Waals surface area contributed by atoms with E-state index in [1.54, 1.807) is 6.92 Å². The van der Waals surface area contributed by atoms with Gasteiger partial charge >= 0.3 is 12.1 Å². The SMILES string of the molecule is CCCC(C)(NC(=O)C(C)(N)C(F)(F)F)C(=O)O. The van der Waals surface area contributed by atoms with Gasteiger partial charge in [0, 0.05) is 0 Å². The van der Waals surface area contributed by atoms with Crippen LogP contribution in [0.1, 0.15) is 33.6 Å². The van der Waals surface area contributed by atoms with E-state index < -0.39 is 29.1 Å². The van der Waals surface area contributed by atoms with E-state index in [1.807, 2.05) is 5.32 Å². The second-order valence-electron chi connectivity index (χ2n) is 4.54. The molecule has 0 aliphatic carbocycles. The molecule has 0 fully saturated rings. The monoisotopic (exact) mass is 270 g/mol. The van der Waals surface area contributed by atoms with Gasteiger partial charge in [-0.1, -0.05) is 13.3 Å². The zero-order chi connectivity index (χ0) is 14.8. The molecule has 1 amide bonds. The lowest BCUT2D eigenvalue weighted by Crippen LogP contribution is -2.66. The molecular formula is C10H17F3N2O3. The molecule has 2 unspecified atom stereocenters. The number of rotatable bonds is 5. The Kier molecular flexibility index (Phi) is 4.76. The second-order valence-corrected chi connectivity index (χ2v) is 4.54. The van der Waals surface area contributed by atoms with Crippen LogP contribution in [0.15, 0.2) is 0 Å². The van der Waals surface area contributed by atoms with Crippen LogP contribution in [0, 0.1) is 0 Å². The van der Waals surface area contributed by atoms with E-state index in [1.165, 1.54) is 0 Å². The molecule has 0 bridgehead atoms. The molecule has 0 saturated heterocycles. The Morgan fingerprint density at radius 3 is 2.00 bits per heavy atom. The normalized spacial score (nSPS) is 18.6. The fraction of sp³-hybridized carbons (Fsp3) is 0.800. The van der Waals surface area contributed by atoms with Gasteiger partial charge in [-0.3, -0.25) is 4.79 Å². The fourth-order valence-corrected chi connectivity index (χ4v) is 1.23. The summed E-state index contributed by atoms with van der Waals surface area (Å²) in [4.78, 5) is 22.5. The Hall–Kier alpha value is -1.31. The maximum Gasteiger partial charge on any atom is 0.415 e. The minimum atomic E-state index is -4.96. The van der Waals surface area contributed by atoms with Crippen molar-refractivity contribution < 1.29 is 27.9 Å². The Morgan fingerprint density at radius 1 is 1.28 bits per heavy atom. The van der Waals surface area contributed by atoms with Crippen LogP contribution in [0.4, 0.5) is 13.2 Å². The number of carbonyl (C=O) groups is 2. The zero-order valence-electron chi connectivity index (χ0n) is 10.4. The lowest BCUT2D eigenvalue weighted by molar-refractivity contribution is -0.189. The van der Waals surface area contributed by atoms with Gasteiger partial charge in [-0.2, -0.15) is 13.2 Å². The summed E-state index contributed by atoms with van der Waals surface area (Å²) in [6.07, 6.45) is -4.57. The molecule has 8 heteroatoms. The number of carboxylic acid groups (broad SMARTS) is 1. The van der Waals surface area contributed by atoms with Crippen LogP contribution >= 0.6 is 0 Å². The molecule has 0 aromatic heterocycles. The Labute approximate surface area is 103 Å². The number of carboxylic acids is 1. The standard InChI is InChI=1S/C10H17F3N2O3/c1-4-5-8(2,7(17)18)15-6(16)9(3,14)10(11,12)13/h4-5,14H2,1-3H3,(H,15,16)(H,17,18). The number of aliphatic carboxylic acids is 1. The van der Waals surface area contributed by atoms with Crippen LogP contribution in [0.25, 0.3) is 0 Å². The Bertz CT molecular complexity index is 342. The van der Waals surface area contributed by atoms with Crippen molar-refractivity contribution in [2.24, 2.45) is 5.73 Å². The average Bonchev–Trinajstić information content (AvgIpc) is 2.15. The second kappa shape index (κ2) is 5.13. The molecular weight excluding hydrogens is 253 g/mol. The minimum absolute atomic E-state index is 0.00199. The van der Waals surface area contributed by atoms with Crippen molar-refractivity contribution in [1.29, 1.82) is 0 Å². The van der Waals surface area contributed by atoms with Crippen LogP contribution in [0.2, 0.25) is 0 Å². The van der Waals surface area contributed by atoms with E-state index in [2.05, 4.69) is 0 Å². The summed E-state index contributed by atoms with van der Waals surface area (Å²) in [5, 5.41) is 10.8. The van der Waals surface area contributed by atoms with Gasteiger partial charge < -0.3 is 16.2 Å². The molecule has 0 aliphatic rings. The summed E-state index contributed by atoms with van der Waals surface area (Å²) in [6.45, 7) is 3.29. The summed E-state index contributed by atoms with van der Waals surface area (Å²) < 4.78 is 37.5. The van der Waals surface area contributed by atoms with Gasteiger partial charge in [0.05, 0.1) is 0 Å². The van der Waals surface area contributed by atoms with E-state index in [4.69, 9.17) is 10.8 Å². The molecule has 18 heavy (non-hydrogen) atoms. The van der Waals surface area contributed by atoms with Gasteiger partial charge in [-0.15, -0.1) is 0 Å². The molecule has 0 heterocycles. The highest BCUT2D eigenvalue weighted by Gasteiger charge is 2.55. The van der Waals surface area contributed by atoms with Gasteiger partial charge in [0.15, 0.2) is 5.54 Å². The van der Waals surface area contributed by atoms with E-state index in [0.717, 1.165) is 6.92 Å². The van der Waals surface area contributed by atoms with Crippen LogP contribution in [-0.2, 0) is 9.59 Å². The van der Waals surface area contributed by atoms with Crippen LogP contribution in [-0.4, -0.2) is 34.2 Å². The van der Waals surface area contributed by atoms with Crippen molar-refractivity contribution in [3.05, 3.63) is 0 Å². The minimum Gasteiger partial charge on any atom is -0.480 e. The number of amides is 1. The number of halogens is 3. The molecule has 0 aromatic carbocycles. The van der Waals surface area contributed by atoms with Crippen molar-refractivity contribution in [3.8, 4) is 0 Å². The highest BCUT2D eigenvalue weighted by atomic mass is 19.4.